The number of Topliss-reactive ketones (excluding diaryl/α,β-unsaturated/α-hetero) is 1. The molecule has 1 aromatic rings. The molecule has 0 heterocycles. The van der Waals surface area contributed by atoms with Crippen molar-refractivity contribution >= 4 is 17.6 Å². The SMILES string of the molecule is COc1cccc(CNC(=O)C(=O)CCNC(=O)C(O)C(C)(C)CO)c1. The highest BCUT2D eigenvalue weighted by Crippen LogP contribution is 2.19. The van der Waals surface area contributed by atoms with E-state index in [0.717, 1.165) is 5.56 Å². The van der Waals surface area contributed by atoms with Gasteiger partial charge in [0.05, 0.1) is 13.7 Å². The van der Waals surface area contributed by atoms with E-state index in [1.807, 2.05) is 0 Å². The van der Waals surface area contributed by atoms with Crippen LogP contribution in [0.1, 0.15) is 25.8 Å². The number of amides is 2. The summed E-state index contributed by atoms with van der Waals surface area (Å²) in [6.45, 7) is 2.80. The molecular formula is C18H26N2O6. The minimum absolute atomic E-state index is 0.0805. The molecule has 1 atom stereocenters. The first-order valence-corrected chi connectivity index (χ1v) is 8.22. The van der Waals surface area contributed by atoms with Crippen molar-refractivity contribution < 1.29 is 29.3 Å². The number of aliphatic hydroxyl groups excluding tert-OH is 2. The van der Waals surface area contributed by atoms with Crippen LogP contribution in [0.5, 0.6) is 5.75 Å². The van der Waals surface area contributed by atoms with Gasteiger partial charge < -0.3 is 25.6 Å². The first kappa shape index (κ1) is 21.6. The van der Waals surface area contributed by atoms with E-state index in [0.29, 0.717) is 5.75 Å². The number of carbonyl (C=O) groups excluding carboxylic acids is 3. The predicted molar refractivity (Wildman–Crippen MR) is 94.3 cm³/mol. The summed E-state index contributed by atoms with van der Waals surface area (Å²) >= 11 is 0. The Bertz CT molecular complexity index is 644. The van der Waals surface area contributed by atoms with Crippen LogP contribution in [0.4, 0.5) is 0 Å². The highest BCUT2D eigenvalue weighted by molar-refractivity contribution is 6.36. The van der Waals surface area contributed by atoms with Crippen molar-refractivity contribution in [2.75, 3.05) is 20.3 Å². The Hall–Kier alpha value is -2.45. The number of benzene rings is 1. The number of ketones is 1. The van der Waals surface area contributed by atoms with Gasteiger partial charge in [-0.25, -0.2) is 0 Å². The zero-order valence-electron chi connectivity index (χ0n) is 15.2. The Morgan fingerprint density at radius 3 is 2.54 bits per heavy atom. The Kier molecular flexibility index (Phi) is 8.21. The van der Waals surface area contributed by atoms with Gasteiger partial charge in [-0.15, -0.1) is 0 Å². The van der Waals surface area contributed by atoms with E-state index in [-0.39, 0.29) is 26.1 Å². The van der Waals surface area contributed by atoms with Crippen LogP contribution in [0, 0.1) is 5.41 Å². The molecule has 144 valence electrons. The number of carbonyl (C=O) groups is 3. The zero-order chi connectivity index (χ0) is 19.7. The molecule has 0 saturated carbocycles. The standard InChI is InChI=1S/C18H26N2O6/c1-18(2,11-21)15(23)17(25)19-8-7-14(22)16(24)20-10-12-5-4-6-13(9-12)26-3/h4-6,9,15,21,23H,7-8,10-11H2,1-3H3,(H,19,25)(H,20,24). The lowest BCUT2D eigenvalue weighted by molar-refractivity contribution is -0.139. The number of nitrogens with one attached hydrogen (secondary N) is 2. The summed E-state index contributed by atoms with van der Waals surface area (Å²) in [6, 6.07) is 7.08. The summed E-state index contributed by atoms with van der Waals surface area (Å²) in [5, 5.41) is 23.8. The van der Waals surface area contributed by atoms with Crippen LogP contribution in [-0.4, -0.2) is 54.2 Å². The van der Waals surface area contributed by atoms with Crippen molar-refractivity contribution in [1.82, 2.24) is 10.6 Å². The van der Waals surface area contributed by atoms with Gasteiger partial charge in [0.2, 0.25) is 11.7 Å². The molecule has 0 bridgehead atoms. The molecule has 26 heavy (non-hydrogen) atoms. The minimum atomic E-state index is -1.41. The first-order valence-electron chi connectivity index (χ1n) is 8.22. The highest BCUT2D eigenvalue weighted by atomic mass is 16.5. The molecule has 1 rings (SSSR count). The second-order valence-electron chi connectivity index (χ2n) is 6.55. The topological polar surface area (TPSA) is 125 Å². The van der Waals surface area contributed by atoms with Crippen molar-refractivity contribution in [3.63, 3.8) is 0 Å². The Balaban J connectivity index is 2.38. The smallest absolute Gasteiger partial charge is 0.287 e. The summed E-state index contributed by atoms with van der Waals surface area (Å²) in [6.07, 6.45) is -1.61. The highest BCUT2D eigenvalue weighted by Gasteiger charge is 2.32. The lowest BCUT2D eigenvalue weighted by Gasteiger charge is -2.27. The molecular weight excluding hydrogens is 340 g/mol. The Morgan fingerprint density at radius 1 is 1.23 bits per heavy atom. The third-order valence-electron chi connectivity index (χ3n) is 3.89. The number of hydrogen-bond acceptors (Lipinski definition) is 6. The zero-order valence-corrected chi connectivity index (χ0v) is 15.2. The summed E-state index contributed by atoms with van der Waals surface area (Å²) in [5.74, 6) is -1.48. The van der Waals surface area contributed by atoms with Gasteiger partial charge in [0, 0.05) is 24.9 Å². The Morgan fingerprint density at radius 2 is 1.92 bits per heavy atom. The first-order chi connectivity index (χ1) is 12.2. The molecule has 0 saturated heterocycles. The molecule has 0 aliphatic heterocycles. The quantitative estimate of drug-likeness (QED) is 0.424. The van der Waals surface area contributed by atoms with Crippen LogP contribution < -0.4 is 15.4 Å². The van der Waals surface area contributed by atoms with E-state index in [2.05, 4.69) is 10.6 Å². The average molecular weight is 366 g/mol. The van der Waals surface area contributed by atoms with Gasteiger partial charge in [-0.2, -0.15) is 0 Å². The largest absolute Gasteiger partial charge is 0.497 e. The van der Waals surface area contributed by atoms with Gasteiger partial charge in [-0.3, -0.25) is 14.4 Å². The van der Waals surface area contributed by atoms with Crippen molar-refractivity contribution in [3.05, 3.63) is 29.8 Å². The molecule has 8 heteroatoms. The number of rotatable bonds is 10. The van der Waals surface area contributed by atoms with Crippen molar-refractivity contribution in [2.45, 2.75) is 32.9 Å². The minimum Gasteiger partial charge on any atom is -0.497 e. The van der Waals surface area contributed by atoms with Crippen LogP contribution >= 0.6 is 0 Å². The maximum Gasteiger partial charge on any atom is 0.287 e. The van der Waals surface area contributed by atoms with Crippen molar-refractivity contribution in [2.24, 2.45) is 5.41 Å². The normalized spacial score (nSPS) is 12.2. The fraction of sp³-hybridized carbons (Fsp3) is 0.500. The molecule has 1 aromatic carbocycles. The van der Waals surface area contributed by atoms with Gasteiger partial charge in [0.15, 0.2) is 0 Å². The Labute approximate surface area is 152 Å². The predicted octanol–water partition coefficient (Wildman–Crippen LogP) is -0.234. The maximum absolute atomic E-state index is 11.8. The summed E-state index contributed by atoms with van der Waals surface area (Å²) in [4.78, 5) is 35.4. The molecule has 4 N–H and O–H groups in total. The maximum atomic E-state index is 11.8. The third kappa shape index (κ3) is 6.45. The molecule has 8 nitrogen and oxygen atoms in total. The van der Waals surface area contributed by atoms with Crippen LogP contribution in [0.25, 0.3) is 0 Å². The van der Waals surface area contributed by atoms with Gasteiger partial charge >= 0.3 is 0 Å². The molecule has 0 radical (unpaired) electrons. The van der Waals surface area contributed by atoms with Crippen LogP contribution in [0.15, 0.2) is 24.3 Å². The number of ether oxygens (including phenoxy) is 1. The third-order valence-corrected chi connectivity index (χ3v) is 3.89. The molecule has 2 amide bonds. The van der Waals surface area contributed by atoms with Crippen molar-refractivity contribution in [1.29, 1.82) is 0 Å². The van der Waals surface area contributed by atoms with E-state index < -0.39 is 29.1 Å². The average Bonchev–Trinajstić information content (AvgIpc) is 2.65. The van der Waals surface area contributed by atoms with Crippen LogP contribution in [0.2, 0.25) is 0 Å². The van der Waals surface area contributed by atoms with E-state index in [4.69, 9.17) is 9.84 Å². The number of aliphatic hydroxyl groups is 2. The fourth-order valence-corrected chi connectivity index (χ4v) is 2.01. The monoisotopic (exact) mass is 366 g/mol. The molecule has 0 aliphatic carbocycles. The number of hydrogen-bond donors (Lipinski definition) is 4. The molecule has 0 aliphatic rings. The van der Waals surface area contributed by atoms with Gasteiger partial charge in [0.25, 0.3) is 5.91 Å². The summed E-state index contributed by atoms with van der Waals surface area (Å²) in [7, 11) is 1.54. The lowest BCUT2D eigenvalue weighted by Crippen LogP contribution is -2.46. The molecule has 0 aromatic heterocycles. The van der Waals surface area contributed by atoms with Crippen LogP contribution in [-0.2, 0) is 20.9 Å². The van der Waals surface area contributed by atoms with Gasteiger partial charge in [0.1, 0.15) is 11.9 Å². The van der Waals surface area contributed by atoms with Gasteiger partial charge in [-0.05, 0) is 17.7 Å². The second kappa shape index (κ2) is 9.88. The number of methoxy groups -OCH3 is 1. The van der Waals surface area contributed by atoms with E-state index in [1.54, 1.807) is 24.3 Å². The van der Waals surface area contributed by atoms with Crippen molar-refractivity contribution in [3.8, 4) is 5.75 Å². The fourth-order valence-electron chi connectivity index (χ4n) is 2.01. The second-order valence-corrected chi connectivity index (χ2v) is 6.55. The lowest BCUT2D eigenvalue weighted by atomic mass is 9.87. The van der Waals surface area contributed by atoms with Crippen LogP contribution in [0.3, 0.4) is 0 Å². The summed E-state index contributed by atoms with van der Waals surface area (Å²) < 4.78 is 5.08. The van der Waals surface area contributed by atoms with E-state index in [9.17, 15) is 19.5 Å². The molecule has 1 unspecified atom stereocenters. The van der Waals surface area contributed by atoms with E-state index in [1.165, 1.54) is 21.0 Å². The van der Waals surface area contributed by atoms with E-state index >= 15 is 0 Å². The summed E-state index contributed by atoms with van der Waals surface area (Å²) in [5.41, 5.74) is -0.212. The molecule has 0 fully saturated rings. The van der Waals surface area contributed by atoms with Gasteiger partial charge in [-0.1, -0.05) is 26.0 Å². The molecule has 0 spiro atoms.